The van der Waals surface area contributed by atoms with Crippen LogP contribution in [-0.2, 0) is 21.4 Å². The summed E-state index contributed by atoms with van der Waals surface area (Å²) in [7, 11) is 0. The minimum atomic E-state index is -1.01. The Morgan fingerprint density at radius 2 is 2.05 bits per heavy atom. The molecule has 2 N–H and O–H groups in total. The molecule has 1 aliphatic carbocycles. The van der Waals surface area contributed by atoms with E-state index in [4.69, 9.17) is 5.11 Å². The zero-order chi connectivity index (χ0) is 14.0. The summed E-state index contributed by atoms with van der Waals surface area (Å²) in [4.78, 5) is 23.3. The third kappa shape index (κ3) is 2.48. The number of rotatable bonds is 3. The van der Waals surface area contributed by atoms with Gasteiger partial charge in [0.05, 0.1) is 5.41 Å². The summed E-state index contributed by atoms with van der Waals surface area (Å²) < 4.78 is 0. The van der Waals surface area contributed by atoms with Gasteiger partial charge in [-0.05, 0) is 44.2 Å². The van der Waals surface area contributed by atoms with Crippen molar-refractivity contribution in [2.24, 2.45) is 0 Å². The quantitative estimate of drug-likeness (QED) is 0.873. The van der Waals surface area contributed by atoms with Crippen molar-refractivity contribution in [3.8, 4) is 0 Å². The Balaban J connectivity index is 2.28. The number of aliphatic carboxylic acids is 1. The van der Waals surface area contributed by atoms with E-state index in [-0.39, 0.29) is 5.91 Å². The normalized spacial score (nSPS) is 23.3. The lowest BCUT2D eigenvalue weighted by molar-refractivity contribution is -0.142. The number of carboxylic acids is 1. The lowest BCUT2D eigenvalue weighted by atomic mass is 9.70. The van der Waals surface area contributed by atoms with E-state index in [1.54, 1.807) is 0 Å². The number of amides is 1. The maximum Gasteiger partial charge on any atom is 0.325 e. The molecule has 0 aromatic heterocycles. The predicted octanol–water partition coefficient (Wildman–Crippen LogP) is 1.87. The Bertz CT molecular complexity index is 512. The lowest BCUT2D eigenvalue weighted by Gasteiger charge is -2.35. The van der Waals surface area contributed by atoms with Crippen LogP contribution in [0.4, 0.5) is 0 Å². The van der Waals surface area contributed by atoms with Gasteiger partial charge in [0.25, 0.3) is 0 Å². The second-order valence-electron chi connectivity index (χ2n) is 5.38. The molecule has 4 heteroatoms. The summed E-state index contributed by atoms with van der Waals surface area (Å²) in [5.74, 6) is -1.21. The number of aryl methyl sites for hydroxylation is 1. The zero-order valence-corrected chi connectivity index (χ0v) is 11.3. The Morgan fingerprint density at radius 1 is 1.37 bits per heavy atom. The van der Waals surface area contributed by atoms with E-state index in [9.17, 15) is 9.59 Å². The van der Waals surface area contributed by atoms with Gasteiger partial charge in [0, 0.05) is 0 Å². The minimum absolute atomic E-state index is 0.199. The number of carbonyl (C=O) groups is 2. The topological polar surface area (TPSA) is 66.4 Å². The highest BCUT2D eigenvalue weighted by Crippen LogP contribution is 2.37. The largest absolute Gasteiger partial charge is 0.480 e. The Hall–Kier alpha value is -1.84. The van der Waals surface area contributed by atoms with Gasteiger partial charge in [-0.25, -0.2) is 0 Å². The fourth-order valence-corrected chi connectivity index (χ4v) is 2.70. The van der Waals surface area contributed by atoms with Crippen LogP contribution in [-0.4, -0.2) is 23.0 Å². The second-order valence-corrected chi connectivity index (χ2v) is 5.38. The van der Waals surface area contributed by atoms with Crippen molar-refractivity contribution >= 4 is 11.9 Å². The van der Waals surface area contributed by atoms with E-state index in [1.807, 2.05) is 31.2 Å². The molecule has 0 aliphatic heterocycles. The average Bonchev–Trinajstić information content (AvgIpc) is 2.39. The van der Waals surface area contributed by atoms with Crippen LogP contribution in [0.15, 0.2) is 24.3 Å². The Morgan fingerprint density at radius 3 is 2.74 bits per heavy atom. The first-order valence-corrected chi connectivity index (χ1v) is 6.57. The van der Waals surface area contributed by atoms with Crippen LogP contribution in [0.3, 0.4) is 0 Å². The highest BCUT2D eigenvalue weighted by Gasteiger charge is 2.39. The number of hydrogen-bond donors (Lipinski definition) is 2. The molecule has 0 radical (unpaired) electrons. The van der Waals surface area contributed by atoms with Crippen molar-refractivity contribution < 1.29 is 14.7 Å². The summed E-state index contributed by atoms with van der Waals surface area (Å²) in [6.45, 7) is 3.38. The Kier molecular flexibility index (Phi) is 3.60. The van der Waals surface area contributed by atoms with Crippen molar-refractivity contribution in [1.82, 2.24) is 5.32 Å². The third-order valence-electron chi connectivity index (χ3n) is 3.95. The van der Waals surface area contributed by atoms with Crippen molar-refractivity contribution in [2.45, 2.75) is 44.6 Å². The molecule has 1 aromatic carbocycles. The van der Waals surface area contributed by atoms with E-state index in [0.29, 0.717) is 0 Å². The summed E-state index contributed by atoms with van der Waals surface area (Å²) >= 11 is 0. The van der Waals surface area contributed by atoms with E-state index in [1.165, 1.54) is 12.5 Å². The number of carbonyl (C=O) groups excluding carboxylic acids is 1. The van der Waals surface area contributed by atoms with Gasteiger partial charge in [-0.1, -0.05) is 24.3 Å². The second kappa shape index (κ2) is 5.03. The lowest BCUT2D eigenvalue weighted by Crippen LogP contribution is -2.49. The van der Waals surface area contributed by atoms with Crippen LogP contribution < -0.4 is 5.32 Å². The number of benzene rings is 1. The van der Waals surface area contributed by atoms with E-state index in [2.05, 4.69) is 5.32 Å². The van der Waals surface area contributed by atoms with Crippen molar-refractivity contribution in [3.63, 3.8) is 0 Å². The van der Waals surface area contributed by atoms with Gasteiger partial charge >= 0.3 is 5.97 Å². The smallest absolute Gasteiger partial charge is 0.325 e. The summed E-state index contributed by atoms with van der Waals surface area (Å²) in [5.41, 5.74) is 1.59. The highest BCUT2D eigenvalue weighted by molar-refractivity contribution is 5.91. The van der Waals surface area contributed by atoms with Crippen LogP contribution in [0.25, 0.3) is 0 Å². The first-order valence-electron chi connectivity index (χ1n) is 6.57. The van der Waals surface area contributed by atoms with Crippen LogP contribution in [0.5, 0.6) is 0 Å². The molecular weight excluding hydrogens is 242 g/mol. The summed E-state index contributed by atoms with van der Waals surface area (Å²) in [6.07, 6.45) is 2.68. The maximum absolute atomic E-state index is 12.4. The van der Waals surface area contributed by atoms with Gasteiger partial charge in [0.2, 0.25) is 5.91 Å². The molecule has 0 saturated heterocycles. The molecule has 2 atom stereocenters. The number of fused-ring (bicyclic) bond motifs is 1. The number of nitrogens with one attached hydrogen (secondary N) is 1. The molecule has 0 spiro atoms. The van der Waals surface area contributed by atoms with Gasteiger partial charge in [0.15, 0.2) is 0 Å². The first-order chi connectivity index (χ1) is 8.95. The van der Waals surface area contributed by atoms with Crippen molar-refractivity contribution in [3.05, 3.63) is 35.4 Å². The molecule has 4 nitrogen and oxygen atoms in total. The molecule has 0 bridgehead atoms. The number of hydrogen-bond acceptors (Lipinski definition) is 2. The van der Waals surface area contributed by atoms with Crippen LogP contribution in [0, 0.1) is 0 Å². The van der Waals surface area contributed by atoms with E-state index in [0.717, 1.165) is 24.8 Å². The zero-order valence-electron chi connectivity index (χ0n) is 11.3. The highest BCUT2D eigenvalue weighted by atomic mass is 16.4. The third-order valence-corrected chi connectivity index (χ3v) is 3.95. The van der Waals surface area contributed by atoms with E-state index >= 15 is 0 Å². The van der Waals surface area contributed by atoms with Gasteiger partial charge in [-0.3, -0.25) is 9.59 Å². The fourth-order valence-electron chi connectivity index (χ4n) is 2.70. The Labute approximate surface area is 112 Å². The average molecular weight is 261 g/mol. The van der Waals surface area contributed by atoms with Gasteiger partial charge in [-0.2, -0.15) is 0 Å². The monoisotopic (exact) mass is 261 g/mol. The molecule has 2 rings (SSSR count). The van der Waals surface area contributed by atoms with Crippen LogP contribution in [0.1, 0.15) is 37.8 Å². The molecule has 1 amide bonds. The molecule has 0 saturated carbocycles. The molecule has 1 aromatic rings. The molecule has 19 heavy (non-hydrogen) atoms. The van der Waals surface area contributed by atoms with E-state index < -0.39 is 17.4 Å². The van der Waals surface area contributed by atoms with Gasteiger partial charge < -0.3 is 10.4 Å². The maximum atomic E-state index is 12.4. The SMILES string of the molecule is C[C@@H](NC(=O)C1(C)CCCc2ccccc21)C(=O)O. The van der Waals surface area contributed by atoms with Crippen molar-refractivity contribution in [1.29, 1.82) is 0 Å². The molecule has 0 fully saturated rings. The van der Waals surface area contributed by atoms with Gasteiger partial charge in [-0.15, -0.1) is 0 Å². The molecule has 102 valence electrons. The van der Waals surface area contributed by atoms with Crippen LogP contribution in [0.2, 0.25) is 0 Å². The molecular formula is C15H19NO3. The first kappa shape index (κ1) is 13.6. The molecule has 1 unspecified atom stereocenters. The van der Waals surface area contributed by atoms with Crippen molar-refractivity contribution in [2.75, 3.05) is 0 Å². The predicted molar refractivity (Wildman–Crippen MR) is 72.0 cm³/mol. The summed E-state index contributed by atoms with van der Waals surface area (Å²) in [6, 6.07) is 7.05. The summed E-state index contributed by atoms with van der Waals surface area (Å²) in [5, 5.41) is 11.5. The molecule has 1 aliphatic rings. The number of carboxylic acid groups (broad SMARTS) is 1. The van der Waals surface area contributed by atoms with Gasteiger partial charge in [0.1, 0.15) is 6.04 Å². The fraction of sp³-hybridized carbons (Fsp3) is 0.467. The standard InChI is InChI=1S/C15H19NO3/c1-10(13(17)18)16-14(19)15(2)9-5-7-11-6-3-4-8-12(11)15/h3-4,6,8,10H,5,7,9H2,1-2H3,(H,16,19)(H,17,18)/t10-,15?/m1/s1. The van der Waals surface area contributed by atoms with Crippen LogP contribution >= 0.6 is 0 Å². The molecule has 0 heterocycles. The minimum Gasteiger partial charge on any atom is -0.480 e.